The highest BCUT2D eigenvalue weighted by atomic mass is 16.5. The number of ether oxygens (including phenoxy) is 1. The van der Waals surface area contributed by atoms with E-state index in [4.69, 9.17) is 4.74 Å². The molecule has 0 aliphatic carbocycles. The zero-order valence-corrected chi connectivity index (χ0v) is 11.2. The molecule has 3 unspecified atom stereocenters. The normalized spacial score (nSPS) is 23.1. The number of benzene rings is 2. The fraction of sp³-hybridized carbons (Fsp3) is 0.312. The average Bonchev–Trinajstić information content (AvgIpc) is 3.25. The molecule has 2 aromatic carbocycles. The molecule has 1 aliphatic rings. The number of hydrogen-bond acceptors (Lipinski definition) is 3. The molecule has 0 N–H and O–H groups in total. The molecule has 1 saturated heterocycles. The Bertz CT molecular complexity index is 618. The summed E-state index contributed by atoms with van der Waals surface area (Å²) in [7, 11) is 1.45. The lowest BCUT2D eigenvalue weighted by Gasteiger charge is -2.16. The maximum absolute atomic E-state index is 11.5. The van der Waals surface area contributed by atoms with Gasteiger partial charge in [-0.1, -0.05) is 42.5 Å². The molecule has 0 bridgehead atoms. The second-order valence-electron chi connectivity index (χ2n) is 4.98. The summed E-state index contributed by atoms with van der Waals surface area (Å²) in [6.07, 6.45) is 0. The molecule has 1 fully saturated rings. The number of esters is 1. The van der Waals surface area contributed by atoms with Crippen molar-refractivity contribution in [2.24, 2.45) is 0 Å². The van der Waals surface area contributed by atoms with Crippen LogP contribution in [-0.2, 0) is 9.53 Å². The van der Waals surface area contributed by atoms with Crippen molar-refractivity contribution in [2.45, 2.75) is 19.0 Å². The second kappa shape index (κ2) is 4.67. The smallest absolute Gasteiger partial charge is 0.324 e. The van der Waals surface area contributed by atoms with Crippen LogP contribution in [0.3, 0.4) is 0 Å². The summed E-state index contributed by atoms with van der Waals surface area (Å²) in [5.74, 6) is -0.132. The van der Waals surface area contributed by atoms with Crippen LogP contribution in [0.5, 0.6) is 0 Å². The quantitative estimate of drug-likeness (QED) is 0.624. The fourth-order valence-corrected chi connectivity index (χ4v) is 2.72. The first-order valence-corrected chi connectivity index (χ1v) is 6.53. The number of hydrogen-bond donors (Lipinski definition) is 0. The summed E-state index contributed by atoms with van der Waals surface area (Å²) in [6.45, 7) is 2.93. The lowest BCUT2D eigenvalue weighted by Crippen LogP contribution is -2.17. The second-order valence-corrected chi connectivity index (χ2v) is 4.98. The highest BCUT2D eigenvalue weighted by molar-refractivity contribution is 5.86. The largest absolute Gasteiger partial charge is 0.468 e. The molecule has 0 spiro atoms. The Morgan fingerprint density at radius 3 is 2.79 bits per heavy atom. The summed E-state index contributed by atoms with van der Waals surface area (Å²) >= 11 is 0. The van der Waals surface area contributed by atoms with Crippen LogP contribution in [0.4, 0.5) is 0 Å². The minimum Gasteiger partial charge on any atom is -0.468 e. The monoisotopic (exact) mass is 255 g/mol. The van der Waals surface area contributed by atoms with Crippen LogP contribution in [-0.4, -0.2) is 30.6 Å². The van der Waals surface area contributed by atoms with Crippen molar-refractivity contribution in [3.05, 3.63) is 48.0 Å². The maximum atomic E-state index is 11.5. The van der Waals surface area contributed by atoms with Crippen LogP contribution in [0.25, 0.3) is 10.8 Å². The summed E-state index contributed by atoms with van der Waals surface area (Å²) < 4.78 is 4.80. The number of nitrogens with zero attached hydrogens (tertiary/aromatic N) is 1. The van der Waals surface area contributed by atoms with Gasteiger partial charge in [0, 0.05) is 12.6 Å². The molecule has 0 radical (unpaired) electrons. The van der Waals surface area contributed by atoms with Gasteiger partial charge >= 0.3 is 5.97 Å². The van der Waals surface area contributed by atoms with Crippen molar-refractivity contribution in [1.82, 2.24) is 4.90 Å². The summed E-state index contributed by atoms with van der Waals surface area (Å²) in [6, 6.07) is 14.8. The van der Waals surface area contributed by atoms with E-state index in [0.717, 1.165) is 6.54 Å². The van der Waals surface area contributed by atoms with Gasteiger partial charge in [0.2, 0.25) is 0 Å². The summed E-state index contributed by atoms with van der Waals surface area (Å²) in [5, 5.41) is 2.50. The number of rotatable bonds is 3. The molecule has 3 rings (SSSR count). The molecule has 0 aromatic heterocycles. The molecule has 0 saturated carbocycles. The van der Waals surface area contributed by atoms with Gasteiger partial charge in [-0.2, -0.15) is 0 Å². The van der Waals surface area contributed by atoms with Gasteiger partial charge in [0.05, 0.1) is 7.11 Å². The number of methoxy groups -OCH3 is 1. The molecule has 0 amide bonds. The Morgan fingerprint density at radius 1 is 1.26 bits per heavy atom. The minimum atomic E-state index is -0.132. The molecule has 98 valence electrons. The standard InChI is InChI=1S/C16H17NO2/c1-11(17-10-15(17)16(18)19-2)13-9-5-7-12-6-3-4-8-14(12)13/h3-9,11,15H,10H2,1-2H3. The van der Waals surface area contributed by atoms with E-state index >= 15 is 0 Å². The van der Waals surface area contributed by atoms with E-state index in [1.54, 1.807) is 0 Å². The van der Waals surface area contributed by atoms with E-state index in [0.29, 0.717) is 0 Å². The number of carbonyl (C=O) groups is 1. The predicted octanol–water partition coefficient (Wildman–Crippen LogP) is 2.76. The van der Waals surface area contributed by atoms with Crippen LogP contribution in [0, 0.1) is 0 Å². The Kier molecular flexibility index (Phi) is 2.99. The summed E-state index contributed by atoms with van der Waals surface area (Å²) in [5.41, 5.74) is 1.27. The van der Waals surface area contributed by atoms with E-state index in [1.165, 1.54) is 23.4 Å². The molecule has 1 heterocycles. The van der Waals surface area contributed by atoms with Crippen LogP contribution in [0.1, 0.15) is 18.5 Å². The van der Waals surface area contributed by atoms with Crippen molar-refractivity contribution in [1.29, 1.82) is 0 Å². The molecule has 2 aromatic rings. The van der Waals surface area contributed by atoms with Crippen LogP contribution >= 0.6 is 0 Å². The van der Waals surface area contributed by atoms with Crippen molar-refractivity contribution in [2.75, 3.05) is 13.7 Å². The number of carbonyl (C=O) groups excluding carboxylic acids is 1. The zero-order valence-electron chi connectivity index (χ0n) is 11.2. The molecule has 19 heavy (non-hydrogen) atoms. The minimum absolute atomic E-state index is 0.0704. The molecule has 1 aliphatic heterocycles. The Balaban J connectivity index is 1.91. The average molecular weight is 255 g/mol. The third kappa shape index (κ3) is 2.10. The molecule has 3 nitrogen and oxygen atoms in total. The Labute approximate surface area is 112 Å². The van der Waals surface area contributed by atoms with Crippen molar-refractivity contribution >= 4 is 16.7 Å². The van der Waals surface area contributed by atoms with Gasteiger partial charge in [0.15, 0.2) is 0 Å². The third-order valence-corrected chi connectivity index (χ3v) is 3.89. The van der Waals surface area contributed by atoms with Gasteiger partial charge in [0.25, 0.3) is 0 Å². The van der Waals surface area contributed by atoms with E-state index < -0.39 is 0 Å². The van der Waals surface area contributed by atoms with Crippen molar-refractivity contribution in [3.8, 4) is 0 Å². The highest BCUT2D eigenvalue weighted by Gasteiger charge is 2.44. The Hall–Kier alpha value is -1.87. The molecular formula is C16H17NO2. The van der Waals surface area contributed by atoms with E-state index in [9.17, 15) is 4.79 Å². The van der Waals surface area contributed by atoms with Crippen LogP contribution in [0.15, 0.2) is 42.5 Å². The predicted molar refractivity (Wildman–Crippen MR) is 74.9 cm³/mol. The van der Waals surface area contributed by atoms with Gasteiger partial charge < -0.3 is 4.74 Å². The van der Waals surface area contributed by atoms with Crippen molar-refractivity contribution < 1.29 is 9.53 Å². The third-order valence-electron chi connectivity index (χ3n) is 3.89. The van der Waals surface area contributed by atoms with Crippen LogP contribution in [0.2, 0.25) is 0 Å². The van der Waals surface area contributed by atoms with Crippen molar-refractivity contribution in [3.63, 3.8) is 0 Å². The first kappa shape index (κ1) is 12.2. The maximum Gasteiger partial charge on any atom is 0.324 e. The summed E-state index contributed by atoms with van der Waals surface area (Å²) in [4.78, 5) is 13.7. The van der Waals surface area contributed by atoms with E-state index in [2.05, 4.69) is 48.2 Å². The highest BCUT2D eigenvalue weighted by Crippen LogP contribution is 2.35. The van der Waals surface area contributed by atoms with Gasteiger partial charge in [0.1, 0.15) is 6.04 Å². The van der Waals surface area contributed by atoms with Gasteiger partial charge in [-0.25, -0.2) is 0 Å². The first-order valence-electron chi connectivity index (χ1n) is 6.53. The molecule has 3 heteroatoms. The molecule has 3 atom stereocenters. The lowest BCUT2D eigenvalue weighted by molar-refractivity contribution is -0.141. The van der Waals surface area contributed by atoms with Crippen LogP contribution < -0.4 is 0 Å². The van der Waals surface area contributed by atoms with E-state index in [1.807, 2.05) is 6.07 Å². The topological polar surface area (TPSA) is 29.3 Å². The Morgan fingerprint density at radius 2 is 2.00 bits per heavy atom. The van der Waals surface area contributed by atoms with E-state index in [-0.39, 0.29) is 18.1 Å². The van der Waals surface area contributed by atoms with Gasteiger partial charge in [-0.3, -0.25) is 9.69 Å². The number of fused-ring (bicyclic) bond motifs is 1. The van der Waals surface area contributed by atoms with Gasteiger partial charge in [-0.15, -0.1) is 0 Å². The zero-order chi connectivity index (χ0) is 13.4. The molecular weight excluding hydrogens is 238 g/mol. The first-order chi connectivity index (χ1) is 9.22. The lowest BCUT2D eigenvalue weighted by atomic mass is 10.00. The SMILES string of the molecule is COC(=O)C1CN1C(C)c1cccc2ccccc12. The fourth-order valence-electron chi connectivity index (χ4n) is 2.72. The van der Waals surface area contributed by atoms with Gasteiger partial charge in [-0.05, 0) is 23.3 Å².